The summed E-state index contributed by atoms with van der Waals surface area (Å²) in [6.45, 7) is 7.18. The molecule has 1 atom stereocenters. The number of amides is 1. The molecule has 1 saturated carbocycles. The van der Waals surface area contributed by atoms with E-state index in [1.54, 1.807) is 4.90 Å². The van der Waals surface area contributed by atoms with Crippen molar-refractivity contribution in [3.63, 3.8) is 0 Å². The molecule has 3 rings (SSSR count). The van der Waals surface area contributed by atoms with Crippen molar-refractivity contribution in [1.29, 1.82) is 0 Å². The first-order valence-electron chi connectivity index (χ1n) is 8.02. The lowest BCUT2D eigenvalue weighted by atomic mass is 10.1. The first kappa shape index (κ1) is 15.3. The van der Waals surface area contributed by atoms with Crippen molar-refractivity contribution in [3.05, 3.63) is 23.2 Å². The minimum absolute atomic E-state index is 0.0648. The summed E-state index contributed by atoms with van der Waals surface area (Å²) in [6.07, 6.45) is 1.47. The zero-order chi connectivity index (χ0) is 15.9. The summed E-state index contributed by atoms with van der Waals surface area (Å²) in [7, 11) is 0. The van der Waals surface area contributed by atoms with E-state index >= 15 is 0 Å². The minimum Gasteiger partial charge on any atom is -0.465 e. The fourth-order valence-electron chi connectivity index (χ4n) is 2.81. The number of rotatable bonds is 4. The first-order chi connectivity index (χ1) is 10.5. The molecule has 0 radical (unpaired) electrons. The topological polar surface area (TPSA) is 59.8 Å². The van der Waals surface area contributed by atoms with Gasteiger partial charge in [0.25, 0.3) is 5.91 Å². The second-order valence-corrected chi connectivity index (χ2v) is 6.56. The Kier molecular flexibility index (Phi) is 4.08. The Hall–Kier alpha value is -1.62. The van der Waals surface area contributed by atoms with Crippen LogP contribution in [0.15, 0.2) is 10.5 Å². The number of Topliss-reactive ketones (excluding diaryl/α,β-unsaturated/α-hetero) is 1. The molecule has 1 aliphatic heterocycles. The second-order valence-electron chi connectivity index (χ2n) is 6.56. The number of nitrogens with zero attached hydrogens (tertiary/aromatic N) is 1. The van der Waals surface area contributed by atoms with E-state index in [0.29, 0.717) is 31.0 Å². The minimum atomic E-state index is -0.457. The number of morpholine rings is 1. The van der Waals surface area contributed by atoms with E-state index in [9.17, 15) is 9.59 Å². The number of carbonyl (C=O) groups excluding carboxylic acids is 2. The van der Waals surface area contributed by atoms with Crippen molar-refractivity contribution >= 4 is 11.7 Å². The third-order valence-corrected chi connectivity index (χ3v) is 4.39. The largest absolute Gasteiger partial charge is 0.465 e. The lowest BCUT2D eigenvalue weighted by molar-refractivity contribution is -0.136. The van der Waals surface area contributed by atoms with Gasteiger partial charge in [-0.05, 0) is 25.8 Å². The number of hydrogen-bond donors (Lipinski definition) is 0. The molecule has 0 bridgehead atoms. The molecule has 2 aliphatic rings. The smallest absolute Gasteiger partial charge is 0.257 e. The lowest BCUT2D eigenvalue weighted by Gasteiger charge is -2.32. The SMILES string of the molecule is Cc1oc(C(C)C)cc1C(=O)N1CCOC(C(=O)C2CC2)C1. The number of hydrogen-bond acceptors (Lipinski definition) is 4. The fraction of sp³-hybridized carbons (Fsp3) is 0.647. The number of carbonyl (C=O) groups is 2. The molecule has 22 heavy (non-hydrogen) atoms. The molecular weight excluding hydrogens is 282 g/mol. The Morgan fingerprint density at radius 2 is 2.05 bits per heavy atom. The maximum atomic E-state index is 12.7. The highest BCUT2D eigenvalue weighted by molar-refractivity contribution is 5.96. The highest BCUT2D eigenvalue weighted by Crippen LogP contribution is 2.32. The Bertz CT molecular complexity index is 585. The normalized spacial score (nSPS) is 22.2. The maximum absolute atomic E-state index is 12.7. The Labute approximate surface area is 130 Å². The molecule has 1 aromatic rings. The van der Waals surface area contributed by atoms with Crippen LogP contribution in [0.3, 0.4) is 0 Å². The molecule has 1 aliphatic carbocycles. The molecule has 0 aromatic carbocycles. The van der Waals surface area contributed by atoms with Gasteiger partial charge in [0, 0.05) is 18.4 Å². The van der Waals surface area contributed by atoms with Crippen molar-refractivity contribution in [2.45, 2.75) is 45.6 Å². The van der Waals surface area contributed by atoms with Gasteiger partial charge in [-0.3, -0.25) is 9.59 Å². The highest BCUT2D eigenvalue weighted by Gasteiger charge is 2.38. The van der Waals surface area contributed by atoms with Crippen LogP contribution in [0.1, 0.15) is 54.5 Å². The van der Waals surface area contributed by atoms with Crippen LogP contribution < -0.4 is 0 Å². The van der Waals surface area contributed by atoms with E-state index in [0.717, 1.165) is 18.6 Å². The van der Waals surface area contributed by atoms with Gasteiger partial charge in [-0.15, -0.1) is 0 Å². The Morgan fingerprint density at radius 3 is 2.64 bits per heavy atom. The van der Waals surface area contributed by atoms with Gasteiger partial charge in [0.1, 0.15) is 17.6 Å². The van der Waals surface area contributed by atoms with Crippen LogP contribution in [-0.2, 0) is 9.53 Å². The van der Waals surface area contributed by atoms with Gasteiger partial charge >= 0.3 is 0 Å². The van der Waals surface area contributed by atoms with Crippen molar-refractivity contribution in [2.24, 2.45) is 5.92 Å². The molecule has 0 N–H and O–H groups in total. The Morgan fingerprint density at radius 1 is 1.32 bits per heavy atom. The van der Waals surface area contributed by atoms with Gasteiger partial charge in [-0.1, -0.05) is 13.8 Å². The summed E-state index contributed by atoms with van der Waals surface area (Å²) in [4.78, 5) is 26.6. The summed E-state index contributed by atoms with van der Waals surface area (Å²) in [6, 6.07) is 1.83. The van der Waals surface area contributed by atoms with E-state index in [-0.39, 0.29) is 23.5 Å². The predicted octanol–water partition coefficient (Wildman–Crippen LogP) is 2.53. The van der Waals surface area contributed by atoms with E-state index in [4.69, 9.17) is 9.15 Å². The van der Waals surface area contributed by atoms with E-state index in [2.05, 4.69) is 0 Å². The molecule has 1 unspecified atom stereocenters. The second kappa shape index (κ2) is 5.88. The summed E-state index contributed by atoms with van der Waals surface area (Å²) in [5.74, 6) is 1.96. The van der Waals surface area contributed by atoms with Gasteiger partial charge in [-0.25, -0.2) is 0 Å². The zero-order valence-corrected chi connectivity index (χ0v) is 13.4. The van der Waals surface area contributed by atoms with Crippen LogP contribution in [0, 0.1) is 12.8 Å². The third-order valence-electron chi connectivity index (χ3n) is 4.39. The number of furan rings is 1. The predicted molar refractivity (Wildman–Crippen MR) is 80.9 cm³/mol. The summed E-state index contributed by atoms with van der Waals surface area (Å²) < 4.78 is 11.2. The van der Waals surface area contributed by atoms with E-state index in [1.807, 2.05) is 26.8 Å². The van der Waals surface area contributed by atoms with Crippen LogP contribution >= 0.6 is 0 Å². The molecule has 1 aromatic heterocycles. The van der Waals surface area contributed by atoms with Crippen molar-refractivity contribution in [1.82, 2.24) is 4.90 Å². The molecule has 120 valence electrons. The molecule has 2 fully saturated rings. The van der Waals surface area contributed by atoms with Crippen LogP contribution in [0.2, 0.25) is 0 Å². The summed E-state index contributed by atoms with van der Waals surface area (Å²) in [5, 5.41) is 0. The van der Waals surface area contributed by atoms with E-state index in [1.165, 1.54) is 0 Å². The van der Waals surface area contributed by atoms with Crippen LogP contribution in [0.25, 0.3) is 0 Å². The molecule has 0 spiro atoms. The summed E-state index contributed by atoms with van der Waals surface area (Å²) >= 11 is 0. The van der Waals surface area contributed by atoms with Crippen molar-refractivity contribution in [2.75, 3.05) is 19.7 Å². The molecule has 5 heteroatoms. The first-order valence-corrected chi connectivity index (χ1v) is 8.02. The van der Waals surface area contributed by atoms with Gasteiger partial charge in [0.15, 0.2) is 5.78 Å². The van der Waals surface area contributed by atoms with E-state index < -0.39 is 6.10 Å². The summed E-state index contributed by atoms with van der Waals surface area (Å²) in [5.41, 5.74) is 0.600. The fourth-order valence-corrected chi connectivity index (χ4v) is 2.81. The lowest BCUT2D eigenvalue weighted by Crippen LogP contribution is -2.49. The van der Waals surface area contributed by atoms with Crippen LogP contribution in [0.5, 0.6) is 0 Å². The van der Waals surface area contributed by atoms with Crippen molar-refractivity contribution < 1.29 is 18.7 Å². The zero-order valence-electron chi connectivity index (χ0n) is 13.4. The molecule has 2 heterocycles. The molecule has 1 amide bonds. The van der Waals surface area contributed by atoms with Gasteiger partial charge in [-0.2, -0.15) is 0 Å². The van der Waals surface area contributed by atoms with Crippen LogP contribution in [-0.4, -0.2) is 42.4 Å². The van der Waals surface area contributed by atoms with Crippen LogP contribution in [0.4, 0.5) is 0 Å². The standard InChI is InChI=1S/C17H23NO4/c1-10(2)14-8-13(11(3)22-14)17(20)18-6-7-21-15(9-18)16(19)12-4-5-12/h8,10,12,15H,4-7,9H2,1-3H3. The third kappa shape index (κ3) is 2.95. The maximum Gasteiger partial charge on any atom is 0.257 e. The average Bonchev–Trinajstić information content (AvgIpc) is 3.28. The number of ether oxygens (including phenoxy) is 1. The molecule has 1 saturated heterocycles. The van der Waals surface area contributed by atoms with Gasteiger partial charge in [0.05, 0.1) is 18.7 Å². The van der Waals surface area contributed by atoms with Crippen molar-refractivity contribution in [3.8, 4) is 0 Å². The quantitative estimate of drug-likeness (QED) is 0.857. The molecule has 5 nitrogen and oxygen atoms in total. The Balaban J connectivity index is 1.72. The molecular formula is C17H23NO4. The average molecular weight is 305 g/mol. The van der Waals surface area contributed by atoms with Gasteiger partial charge in [0.2, 0.25) is 0 Å². The monoisotopic (exact) mass is 305 g/mol. The number of aryl methyl sites for hydroxylation is 1. The van der Waals surface area contributed by atoms with Gasteiger partial charge < -0.3 is 14.1 Å². The highest BCUT2D eigenvalue weighted by atomic mass is 16.5. The number of ketones is 1.